The summed E-state index contributed by atoms with van der Waals surface area (Å²) in [4.78, 5) is 0.277. The van der Waals surface area contributed by atoms with Gasteiger partial charge in [-0.05, 0) is 73.3 Å². The van der Waals surface area contributed by atoms with Crippen LogP contribution in [0.2, 0.25) is 0 Å². The number of anilines is 1. The third-order valence-electron chi connectivity index (χ3n) is 6.65. The molecule has 0 heterocycles. The van der Waals surface area contributed by atoms with Gasteiger partial charge in [-0.1, -0.05) is 106 Å². The molecule has 4 N–H and O–H groups in total. The molecular formula is C39H54N3O6PS. The van der Waals surface area contributed by atoms with E-state index in [2.05, 4.69) is 12.8 Å². The second-order valence-electron chi connectivity index (χ2n) is 11.2. The van der Waals surface area contributed by atoms with E-state index in [-0.39, 0.29) is 30.4 Å². The number of hydrogen-bond donors (Lipinski definition) is 2. The maximum Gasteiger partial charge on any atom is 0.368 e. The van der Waals surface area contributed by atoms with Crippen molar-refractivity contribution in [3.05, 3.63) is 126 Å². The van der Waals surface area contributed by atoms with E-state index in [4.69, 9.17) is 25.3 Å². The van der Waals surface area contributed by atoms with E-state index < -0.39 is 17.6 Å². The number of aryl methyl sites for hydroxylation is 1. The average Bonchev–Trinajstić information content (AvgIpc) is 3.14. The highest BCUT2D eigenvalue weighted by Crippen LogP contribution is 2.49. The van der Waals surface area contributed by atoms with Crippen LogP contribution in [-0.4, -0.2) is 38.7 Å². The second-order valence-corrected chi connectivity index (χ2v) is 15.1. The first-order chi connectivity index (χ1) is 24.0. The van der Waals surface area contributed by atoms with Gasteiger partial charge >= 0.3 is 7.60 Å². The van der Waals surface area contributed by atoms with Crippen molar-refractivity contribution in [3.8, 4) is 18.6 Å². The summed E-state index contributed by atoms with van der Waals surface area (Å²) < 4.78 is 56.9. The van der Waals surface area contributed by atoms with Crippen molar-refractivity contribution in [2.75, 3.05) is 31.7 Å². The molecule has 4 aromatic rings. The van der Waals surface area contributed by atoms with Crippen LogP contribution in [0.3, 0.4) is 0 Å². The number of ether oxygens (including phenoxy) is 1. The summed E-state index contributed by atoms with van der Waals surface area (Å²) in [5, 5.41) is 0. The van der Waals surface area contributed by atoms with E-state index in [1.54, 1.807) is 24.3 Å². The molecule has 0 aliphatic carbocycles. The molecule has 0 fully saturated rings. The SMILES string of the molecule is C#C.CC.CC(C)CN(CCCN)S(=O)(=O)c1ccc(N)cc1.Cc1ccc(OCP(=O)(OCc2ccccc2)OCc2ccccc2)cc1. The third kappa shape index (κ3) is 16.6. The van der Waals surface area contributed by atoms with Gasteiger partial charge in [0, 0.05) is 18.8 Å². The summed E-state index contributed by atoms with van der Waals surface area (Å²) in [6, 6.07) is 33.0. The van der Waals surface area contributed by atoms with Crippen molar-refractivity contribution in [3.63, 3.8) is 0 Å². The molecule has 0 atom stereocenters. The molecular weight excluding hydrogens is 669 g/mol. The summed E-state index contributed by atoms with van der Waals surface area (Å²) in [5.41, 5.74) is 14.6. The van der Waals surface area contributed by atoms with Gasteiger partial charge in [0.25, 0.3) is 0 Å². The van der Waals surface area contributed by atoms with Gasteiger partial charge in [-0.3, -0.25) is 4.57 Å². The van der Waals surface area contributed by atoms with Crippen LogP contribution in [0.25, 0.3) is 0 Å². The largest absolute Gasteiger partial charge is 0.481 e. The Kier molecular flexibility index (Phi) is 21.4. The van der Waals surface area contributed by atoms with Gasteiger partial charge in [-0.2, -0.15) is 4.31 Å². The highest BCUT2D eigenvalue weighted by molar-refractivity contribution is 7.89. The number of nitrogens with two attached hydrogens (primary N) is 2. The molecule has 0 radical (unpaired) electrons. The number of hydrogen-bond acceptors (Lipinski definition) is 8. The number of benzene rings is 4. The smallest absolute Gasteiger partial charge is 0.368 e. The third-order valence-corrected chi connectivity index (χ3v) is 10.0. The minimum Gasteiger partial charge on any atom is -0.481 e. The Morgan fingerprint density at radius 3 is 1.70 bits per heavy atom. The van der Waals surface area contributed by atoms with Crippen LogP contribution < -0.4 is 16.2 Å². The Morgan fingerprint density at radius 2 is 1.26 bits per heavy atom. The van der Waals surface area contributed by atoms with Gasteiger partial charge in [0.05, 0.1) is 18.1 Å². The van der Waals surface area contributed by atoms with Crippen LogP contribution >= 0.6 is 7.60 Å². The quantitative estimate of drug-likeness (QED) is 0.0668. The molecule has 0 amide bonds. The van der Waals surface area contributed by atoms with Gasteiger partial charge in [0.1, 0.15) is 5.75 Å². The summed E-state index contributed by atoms with van der Waals surface area (Å²) in [5.74, 6) is 0.897. The summed E-state index contributed by atoms with van der Waals surface area (Å²) in [7, 11) is -6.91. The van der Waals surface area contributed by atoms with Crippen molar-refractivity contribution in [1.82, 2.24) is 4.31 Å². The van der Waals surface area contributed by atoms with Crippen LogP contribution in [0.15, 0.2) is 114 Å². The molecule has 50 heavy (non-hydrogen) atoms. The van der Waals surface area contributed by atoms with E-state index in [0.717, 1.165) is 16.7 Å². The lowest BCUT2D eigenvalue weighted by Gasteiger charge is -2.23. The fourth-order valence-electron chi connectivity index (χ4n) is 4.17. The predicted octanol–water partition coefficient (Wildman–Crippen LogP) is 8.50. The van der Waals surface area contributed by atoms with E-state index in [1.807, 2.05) is 120 Å². The average molecular weight is 724 g/mol. The predicted molar refractivity (Wildman–Crippen MR) is 206 cm³/mol. The first-order valence-corrected chi connectivity index (χ1v) is 19.7. The Balaban J connectivity index is 0.000000479. The molecule has 4 aromatic carbocycles. The zero-order valence-corrected chi connectivity index (χ0v) is 31.7. The first-order valence-electron chi connectivity index (χ1n) is 16.6. The lowest BCUT2D eigenvalue weighted by atomic mass is 10.2. The molecule has 4 rings (SSSR count). The summed E-state index contributed by atoms with van der Waals surface area (Å²) in [6.07, 6.45) is 8.51. The minimum absolute atomic E-state index is 0.143. The topological polar surface area (TPSA) is 134 Å². The lowest BCUT2D eigenvalue weighted by Crippen LogP contribution is -2.35. The van der Waals surface area contributed by atoms with Crippen molar-refractivity contribution in [1.29, 1.82) is 0 Å². The lowest BCUT2D eigenvalue weighted by molar-refractivity contribution is 0.172. The normalized spacial score (nSPS) is 10.9. The molecule has 0 saturated carbocycles. The van der Waals surface area contributed by atoms with Crippen LogP contribution in [-0.2, 0) is 36.8 Å². The Morgan fingerprint density at radius 1 is 0.780 bits per heavy atom. The van der Waals surface area contributed by atoms with Crippen LogP contribution in [0.4, 0.5) is 5.69 Å². The molecule has 0 aromatic heterocycles. The number of sulfonamides is 1. The molecule has 0 bridgehead atoms. The molecule has 0 spiro atoms. The van der Waals surface area contributed by atoms with Gasteiger partial charge in [0.15, 0.2) is 6.35 Å². The number of nitrogen functional groups attached to an aromatic ring is 1. The van der Waals surface area contributed by atoms with Crippen LogP contribution in [0, 0.1) is 25.7 Å². The molecule has 0 saturated heterocycles. The van der Waals surface area contributed by atoms with E-state index in [1.165, 1.54) is 4.31 Å². The zero-order valence-electron chi connectivity index (χ0n) is 30.0. The van der Waals surface area contributed by atoms with Crippen molar-refractivity contribution in [2.45, 2.75) is 59.1 Å². The highest BCUT2D eigenvalue weighted by Gasteiger charge is 2.27. The Hall–Kier alpha value is -3.94. The van der Waals surface area contributed by atoms with E-state index in [9.17, 15) is 13.0 Å². The van der Waals surface area contributed by atoms with E-state index >= 15 is 0 Å². The molecule has 0 aliphatic rings. The van der Waals surface area contributed by atoms with Crippen LogP contribution in [0.1, 0.15) is 50.8 Å². The first kappa shape index (κ1) is 44.1. The maximum absolute atomic E-state index is 13.2. The highest BCUT2D eigenvalue weighted by atomic mass is 32.2. The number of nitrogens with zero attached hydrogens (tertiary/aromatic N) is 1. The van der Waals surface area contributed by atoms with Gasteiger partial charge < -0.3 is 25.3 Å². The Bertz CT molecular complexity index is 1590. The number of terminal acetylenes is 1. The maximum atomic E-state index is 13.2. The number of rotatable bonds is 16. The van der Waals surface area contributed by atoms with Crippen molar-refractivity contribution >= 4 is 23.3 Å². The second kappa shape index (κ2) is 24.2. The monoisotopic (exact) mass is 723 g/mol. The van der Waals surface area contributed by atoms with Crippen molar-refractivity contribution < 1.29 is 26.8 Å². The molecule has 9 nitrogen and oxygen atoms in total. The minimum atomic E-state index is -3.46. The molecule has 0 aliphatic heterocycles. The van der Waals surface area contributed by atoms with E-state index in [0.29, 0.717) is 37.5 Å². The van der Waals surface area contributed by atoms with Gasteiger partial charge in [-0.25, -0.2) is 8.42 Å². The molecule has 272 valence electrons. The van der Waals surface area contributed by atoms with Gasteiger partial charge in [0.2, 0.25) is 10.0 Å². The summed E-state index contributed by atoms with van der Waals surface area (Å²) in [6.45, 7) is 11.8. The van der Waals surface area contributed by atoms with Gasteiger partial charge in [-0.15, -0.1) is 12.8 Å². The zero-order chi connectivity index (χ0) is 37.4. The molecule has 11 heteroatoms. The standard InChI is InChI=1S/C22H23O4P.C13H23N3O2S.C2H6.C2H2/c1-19-12-14-22(15-13-19)24-18-27(23,25-16-20-8-4-2-5-9-20)26-17-21-10-6-3-7-11-21;1-11(2)10-16(9-3-8-14)19(17,18)13-6-4-12(15)5-7-13;2*1-2/h2-15H,16-18H2,1H3;4-7,11H,3,8-10,14-15H2,1-2H3;1-2H3;1-2H. The summed E-state index contributed by atoms with van der Waals surface area (Å²) >= 11 is 0. The van der Waals surface area contributed by atoms with Crippen LogP contribution in [0.5, 0.6) is 5.75 Å². The fraction of sp³-hybridized carbons (Fsp3) is 0.333. The van der Waals surface area contributed by atoms with Crippen molar-refractivity contribution in [2.24, 2.45) is 11.7 Å². The Labute approximate surface area is 300 Å². The fourth-order valence-corrected chi connectivity index (χ4v) is 7.03. The molecule has 0 unspecified atom stereocenters.